The number of benzene rings is 2. The molecule has 1 heterocycles. The number of ether oxygens (including phenoxy) is 3. The molecule has 3 N–H and O–H groups in total. The van der Waals surface area contributed by atoms with E-state index in [-0.39, 0.29) is 5.75 Å². The molecule has 0 saturated carbocycles. The van der Waals surface area contributed by atoms with Crippen LogP contribution in [0.3, 0.4) is 0 Å². The van der Waals surface area contributed by atoms with E-state index in [1.807, 2.05) is 0 Å². The summed E-state index contributed by atoms with van der Waals surface area (Å²) in [5.41, 5.74) is 2.21. The van der Waals surface area contributed by atoms with Crippen LogP contribution in [0.1, 0.15) is 0 Å². The molecule has 0 amide bonds. The SMILES string of the molecule is COc1cc(-c2nn[nH]c2-c2ccc(SC)c(OP(=O)(O)O)c2)cc(OC)c1OC. The van der Waals surface area contributed by atoms with Crippen molar-refractivity contribution in [1.29, 1.82) is 0 Å². The molecule has 30 heavy (non-hydrogen) atoms. The molecule has 3 aromatic rings. The van der Waals surface area contributed by atoms with Crippen LogP contribution >= 0.6 is 19.6 Å². The van der Waals surface area contributed by atoms with Crippen molar-refractivity contribution in [3.63, 3.8) is 0 Å². The Labute approximate surface area is 176 Å². The Morgan fingerprint density at radius 3 is 2.13 bits per heavy atom. The van der Waals surface area contributed by atoms with E-state index in [4.69, 9.17) is 18.7 Å². The Morgan fingerprint density at radius 2 is 1.60 bits per heavy atom. The fraction of sp³-hybridized carbons (Fsp3) is 0.222. The van der Waals surface area contributed by atoms with Crippen LogP contribution in [0.15, 0.2) is 35.2 Å². The van der Waals surface area contributed by atoms with E-state index in [0.717, 1.165) is 0 Å². The first-order chi connectivity index (χ1) is 14.3. The van der Waals surface area contributed by atoms with Gasteiger partial charge in [0.1, 0.15) is 11.4 Å². The number of methoxy groups -OCH3 is 3. The standard InChI is InChI=1S/C18H20N3O7PS/c1-25-13-8-11(9-14(26-2)18(13)27-3)17-16(19-21-20-17)10-5-6-15(30-4)12(7-10)28-29(22,23)24/h5-9H,1-4H3,(H,19,20,21)(H2,22,23,24). The molecule has 12 heteroatoms. The van der Waals surface area contributed by atoms with E-state index in [0.29, 0.717) is 44.7 Å². The summed E-state index contributed by atoms with van der Waals surface area (Å²) in [6.07, 6.45) is 1.78. The minimum absolute atomic E-state index is 0.0544. The van der Waals surface area contributed by atoms with E-state index >= 15 is 0 Å². The number of hydrogen-bond acceptors (Lipinski definition) is 8. The van der Waals surface area contributed by atoms with Crippen molar-refractivity contribution in [2.75, 3.05) is 27.6 Å². The maximum atomic E-state index is 11.3. The van der Waals surface area contributed by atoms with Crippen LogP contribution < -0.4 is 18.7 Å². The average molecular weight is 453 g/mol. The monoisotopic (exact) mass is 453 g/mol. The highest BCUT2D eigenvalue weighted by atomic mass is 32.2. The van der Waals surface area contributed by atoms with Gasteiger partial charge in [-0.2, -0.15) is 0 Å². The Bertz CT molecular complexity index is 1070. The molecule has 0 fully saturated rings. The Hall–Kier alpha value is -2.72. The molecule has 0 saturated heterocycles. The Morgan fingerprint density at radius 1 is 0.967 bits per heavy atom. The van der Waals surface area contributed by atoms with Gasteiger partial charge in [0, 0.05) is 16.0 Å². The number of thioether (sulfide) groups is 1. The van der Waals surface area contributed by atoms with Gasteiger partial charge in [0.15, 0.2) is 11.5 Å². The first-order valence-corrected chi connectivity index (χ1v) is 11.2. The van der Waals surface area contributed by atoms with Gasteiger partial charge in [-0.1, -0.05) is 11.3 Å². The molecule has 0 aliphatic carbocycles. The van der Waals surface area contributed by atoms with E-state index in [2.05, 4.69) is 15.4 Å². The number of rotatable bonds is 8. The predicted octanol–water partition coefficient (Wildman–Crippen LogP) is 3.36. The molecule has 0 spiro atoms. The zero-order valence-electron chi connectivity index (χ0n) is 16.6. The van der Waals surface area contributed by atoms with Crippen LogP contribution in [0.2, 0.25) is 0 Å². The summed E-state index contributed by atoms with van der Waals surface area (Å²) in [5, 5.41) is 10.9. The highest BCUT2D eigenvalue weighted by Crippen LogP contribution is 2.45. The second-order valence-corrected chi connectivity index (χ2v) is 7.91. The minimum atomic E-state index is -4.73. The van der Waals surface area contributed by atoms with Crippen molar-refractivity contribution in [2.45, 2.75) is 4.90 Å². The van der Waals surface area contributed by atoms with Gasteiger partial charge in [-0.05, 0) is 30.5 Å². The Kier molecular flexibility index (Phi) is 6.57. The summed E-state index contributed by atoms with van der Waals surface area (Å²) in [7, 11) is -0.192. The second-order valence-electron chi connectivity index (χ2n) is 5.90. The summed E-state index contributed by atoms with van der Waals surface area (Å²) < 4.78 is 32.3. The summed E-state index contributed by atoms with van der Waals surface area (Å²) in [4.78, 5) is 19.0. The number of nitrogens with one attached hydrogen (secondary N) is 1. The highest BCUT2D eigenvalue weighted by molar-refractivity contribution is 7.98. The summed E-state index contributed by atoms with van der Waals surface area (Å²) in [5.74, 6) is 1.39. The van der Waals surface area contributed by atoms with Crippen molar-refractivity contribution in [3.05, 3.63) is 30.3 Å². The van der Waals surface area contributed by atoms with Gasteiger partial charge in [0.05, 0.1) is 27.0 Å². The van der Waals surface area contributed by atoms with E-state index in [9.17, 15) is 14.4 Å². The fourth-order valence-corrected chi connectivity index (χ4v) is 3.86. The van der Waals surface area contributed by atoms with Crippen LogP contribution in [0, 0.1) is 0 Å². The molecule has 2 aromatic carbocycles. The largest absolute Gasteiger partial charge is 0.524 e. The van der Waals surface area contributed by atoms with Crippen molar-refractivity contribution in [1.82, 2.24) is 15.4 Å². The number of hydrogen-bond donors (Lipinski definition) is 3. The highest BCUT2D eigenvalue weighted by Gasteiger charge is 2.22. The number of aromatic nitrogens is 3. The normalized spacial score (nSPS) is 11.3. The molecule has 0 unspecified atom stereocenters. The number of phosphoric ester groups is 1. The molecule has 0 atom stereocenters. The van der Waals surface area contributed by atoms with Gasteiger partial charge in [-0.3, -0.25) is 14.9 Å². The lowest BCUT2D eigenvalue weighted by molar-refractivity contribution is 0.281. The number of aromatic amines is 1. The zero-order valence-corrected chi connectivity index (χ0v) is 18.3. The van der Waals surface area contributed by atoms with Crippen LogP contribution in [0.25, 0.3) is 22.5 Å². The summed E-state index contributed by atoms with van der Waals surface area (Å²) in [6.45, 7) is 0. The first-order valence-electron chi connectivity index (χ1n) is 8.46. The van der Waals surface area contributed by atoms with Gasteiger partial charge < -0.3 is 18.7 Å². The second kappa shape index (κ2) is 8.97. The maximum absolute atomic E-state index is 11.3. The van der Waals surface area contributed by atoms with E-state index in [1.54, 1.807) is 30.5 Å². The van der Waals surface area contributed by atoms with E-state index in [1.165, 1.54) is 39.2 Å². The lowest BCUT2D eigenvalue weighted by Crippen LogP contribution is -1.96. The first kappa shape index (κ1) is 22.0. The third-order valence-corrected chi connectivity index (χ3v) is 5.37. The van der Waals surface area contributed by atoms with Crippen molar-refractivity contribution in [2.24, 2.45) is 0 Å². The van der Waals surface area contributed by atoms with Crippen molar-refractivity contribution < 1.29 is 33.1 Å². The molecule has 1 aromatic heterocycles. The molecule has 0 aliphatic rings. The van der Waals surface area contributed by atoms with Gasteiger partial charge in [-0.25, -0.2) is 4.57 Å². The van der Waals surface area contributed by atoms with Gasteiger partial charge in [0.25, 0.3) is 0 Å². The lowest BCUT2D eigenvalue weighted by Gasteiger charge is -2.14. The summed E-state index contributed by atoms with van der Waals surface area (Å²) in [6, 6.07) is 8.44. The average Bonchev–Trinajstić information content (AvgIpc) is 3.21. The van der Waals surface area contributed by atoms with Crippen LogP contribution in [-0.4, -0.2) is 52.8 Å². The smallest absolute Gasteiger partial charge is 0.493 e. The molecular formula is C18H20N3O7PS. The van der Waals surface area contributed by atoms with Crippen LogP contribution in [0.4, 0.5) is 0 Å². The third kappa shape index (κ3) is 4.54. The molecule has 3 rings (SSSR count). The molecular weight excluding hydrogens is 433 g/mol. The maximum Gasteiger partial charge on any atom is 0.524 e. The lowest BCUT2D eigenvalue weighted by atomic mass is 10.0. The van der Waals surface area contributed by atoms with Gasteiger partial charge in [-0.15, -0.1) is 16.9 Å². The fourth-order valence-electron chi connectivity index (χ4n) is 2.88. The molecule has 0 bridgehead atoms. The Balaban J connectivity index is 2.13. The number of phosphoric acid groups is 1. The number of nitrogens with zero attached hydrogens (tertiary/aromatic N) is 2. The molecule has 0 radical (unpaired) electrons. The van der Waals surface area contributed by atoms with Crippen LogP contribution in [0.5, 0.6) is 23.0 Å². The predicted molar refractivity (Wildman–Crippen MR) is 111 cm³/mol. The van der Waals surface area contributed by atoms with Crippen molar-refractivity contribution >= 4 is 19.6 Å². The van der Waals surface area contributed by atoms with E-state index < -0.39 is 7.82 Å². The third-order valence-electron chi connectivity index (χ3n) is 4.16. The topological polar surface area (TPSA) is 136 Å². The minimum Gasteiger partial charge on any atom is -0.493 e. The van der Waals surface area contributed by atoms with Crippen LogP contribution in [-0.2, 0) is 4.57 Å². The molecule has 160 valence electrons. The van der Waals surface area contributed by atoms with Crippen molar-refractivity contribution in [3.8, 4) is 45.5 Å². The zero-order chi connectivity index (χ0) is 21.9. The van der Waals surface area contributed by atoms with Gasteiger partial charge in [0.2, 0.25) is 5.75 Å². The molecule has 10 nitrogen and oxygen atoms in total. The molecule has 0 aliphatic heterocycles. The summed E-state index contributed by atoms with van der Waals surface area (Å²) >= 11 is 1.30. The quantitative estimate of drug-likeness (QED) is 0.344. The number of H-pyrrole nitrogens is 1. The van der Waals surface area contributed by atoms with Gasteiger partial charge >= 0.3 is 7.82 Å².